The number of carbonyl (C=O) groups excluding carboxylic acids is 3. The fourth-order valence-electron chi connectivity index (χ4n) is 5.03. The molecule has 0 radical (unpaired) electrons. The number of hydrogen-bond donors (Lipinski definition) is 0. The van der Waals surface area contributed by atoms with Crippen LogP contribution in [0.2, 0.25) is 0 Å². The second-order valence-corrected chi connectivity index (χ2v) is 8.29. The molecule has 4 atom stereocenters. The van der Waals surface area contributed by atoms with Crippen LogP contribution >= 0.6 is 0 Å². The highest BCUT2D eigenvalue weighted by molar-refractivity contribution is 6.22. The number of nitrogens with zero attached hydrogens (tertiary/aromatic N) is 1. The Balaban J connectivity index is 1.25. The summed E-state index contributed by atoms with van der Waals surface area (Å²) in [6, 6.07) is 13.6. The van der Waals surface area contributed by atoms with Crippen LogP contribution < -0.4 is 14.4 Å². The maximum absolute atomic E-state index is 13.0. The molecule has 1 aliphatic heterocycles. The van der Waals surface area contributed by atoms with Crippen molar-refractivity contribution < 1.29 is 23.9 Å². The lowest BCUT2D eigenvalue weighted by Gasteiger charge is -2.38. The van der Waals surface area contributed by atoms with Gasteiger partial charge >= 0.3 is 0 Å². The molecule has 3 unspecified atom stereocenters. The van der Waals surface area contributed by atoms with Crippen LogP contribution in [0.15, 0.2) is 60.7 Å². The summed E-state index contributed by atoms with van der Waals surface area (Å²) in [4.78, 5) is 39.7. The minimum absolute atomic E-state index is 0.0996. The summed E-state index contributed by atoms with van der Waals surface area (Å²) in [5.74, 6) is 0.722. The lowest BCUT2D eigenvalue weighted by Crippen LogP contribution is -2.38. The van der Waals surface area contributed by atoms with Crippen molar-refractivity contribution in [1.29, 1.82) is 0 Å². The molecule has 6 heteroatoms. The molecule has 0 aromatic heterocycles. The third kappa shape index (κ3) is 3.32. The number of ketones is 1. The van der Waals surface area contributed by atoms with E-state index in [1.807, 2.05) is 0 Å². The van der Waals surface area contributed by atoms with Crippen LogP contribution in [0.4, 0.5) is 5.69 Å². The number of methoxy groups -OCH3 is 1. The summed E-state index contributed by atoms with van der Waals surface area (Å²) >= 11 is 0. The van der Waals surface area contributed by atoms with Gasteiger partial charge in [0, 0.05) is 5.56 Å². The van der Waals surface area contributed by atoms with E-state index in [0.29, 0.717) is 22.7 Å². The monoisotopic (exact) mass is 417 g/mol. The van der Waals surface area contributed by atoms with Crippen LogP contribution in [0.3, 0.4) is 0 Å². The van der Waals surface area contributed by atoms with E-state index in [-0.39, 0.29) is 47.9 Å². The minimum Gasteiger partial charge on any atom is -0.497 e. The number of ether oxygens (including phenoxy) is 2. The minimum atomic E-state index is -0.228. The molecule has 1 heterocycles. The van der Waals surface area contributed by atoms with Crippen LogP contribution in [0.5, 0.6) is 11.5 Å². The lowest BCUT2D eigenvalue weighted by atomic mass is 9.63. The average molecular weight is 417 g/mol. The normalized spacial score (nSPS) is 26.2. The van der Waals surface area contributed by atoms with Gasteiger partial charge in [-0.1, -0.05) is 12.2 Å². The van der Waals surface area contributed by atoms with Crippen LogP contribution in [0, 0.1) is 23.7 Å². The Kier molecular flexibility index (Phi) is 4.85. The summed E-state index contributed by atoms with van der Waals surface area (Å²) < 4.78 is 10.7. The molecule has 2 fully saturated rings. The summed E-state index contributed by atoms with van der Waals surface area (Å²) in [7, 11) is 1.57. The van der Waals surface area contributed by atoms with Crippen molar-refractivity contribution in [3.63, 3.8) is 0 Å². The number of anilines is 1. The Bertz CT molecular complexity index is 1020. The number of allylic oxidation sites excluding steroid dienone is 2. The lowest BCUT2D eigenvalue weighted by molar-refractivity contribution is -0.124. The maximum Gasteiger partial charge on any atom is 0.238 e. The van der Waals surface area contributed by atoms with Gasteiger partial charge in [0.05, 0.1) is 24.6 Å². The van der Waals surface area contributed by atoms with E-state index in [4.69, 9.17) is 9.47 Å². The number of fused-ring (bicyclic) bond motifs is 1. The van der Waals surface area contributed by atoms with Gasteiger partial charge in [0.2, 0.25) is 11.8 Å². The molecule has 6 nitrogen and oxygen atoms in total. The third-order valence-electron chi connectivity index (χ3n) is 6.64. The average Bonchev–Trinajstić information content (AvgIpc) is 3.11. The summed E-state index contributed by atoms with van der Waals surface area (Å²) in [5, 5.41) is 0. The number of Topliss-reactive ketones (excluding diaryl/α,β-unsaturated/α-hetero) is 1. The van der Waals surface area contributed by atoms with Crippen molar-refractivity contribution >= 4 is 23.3 Å². The summed E-state index contributed by atoms with van der Waals surface area (Å²) in [6.45, 7) is -0.105. The van der Waals surface area contributed by atoms with Gasteiger partial charge in [-0.2, -0.15) is 0 Å². The quantitative estimate of drug-likeness (QED) is 0.407. The predicted octanol–water partition coefficient (Wildman–Crippen LogP) is 3.66. The SMILES string of the molecule is COc1ccc(C(=O)COc2ccc(N3C(=O)C4C5C=C[C@H](CC5)C4C3=O)cc2)cc1. The zero-order valence-electron chi connectivity index (χ0n) is 17.2. The number of rotatable bonds is 6. The van der Waals surface area contributed by atoms with Gasteiger partial charge in [0.25, 0.3) is 0 Å². The van der Waals surface area contributed by atoms with E-state index >= 15 is 0 Å². The summed E-state index contributed by atoms with van der Waals surface area (Å²) in [5.41, 5.74) is 1.09. The molecule has 1 saturated carbocycles. The number of hydrogen-bond acceptors (Lipinski definition) is 5. The van der Waals surface area contributed by atoms with Crippen LogP contribution in [-0.2, 0) is 9.59 Å². The van der Waals surface area contributed by atoms with Crippen molar-refractivity contribution in [2.24, 2.45) is 23.7 Å². The van der Waals surface area contributed by atoms with Crippen molar-refractivity contribution in [2.45, 2.75) is 12.8 Å². The van der Waals surface area contributed by atoms with Crippen LogP contribution in [-0.4, -0.2) is 31.3 Å². The first-order valence-corrected chi connectivity index (χ1v) is 10.5. The van der Waals surface area contributed by atoms with Gasteiger partial charge in [0.15, 0.2) is 12.4 Å². The van der Waals surface area contributed by atoms with Crippen molar-refractivity contribution in [3.8, 4) is 11.5 Å². The Labute approximate surface area is 180 Å². The van der Waals surface area contributed by atoms with Gasteiger partial charge in [-0.25, -0.2) is 0 Å². The van der Waals surface area contributed by atoms with Crippen LogP contribution in [0.1, 0.15) is 23.2 Å². The molecule has 31 heavy (non-hydrogen) atoms. The standard InChI is InChI=1S/C25H23NO5/c1-30-19-10-6-15(7-11-19)21(27)14-31-20-12-8-18(9-13-20)26-24(28)22-16-2-3-17(5-4-16)23(22)25(26)29/h2-3,6-13,16-17,22-23H,4-5,14H2,1H3/t16-,17?,22?,23?/m1/s1. The largest absolute Gasteiger partial charge is 0.497 e. The molecule has 6 rings (SSSR count). The molecule has 2 aromatic rings. The van der Waals surface area contributed by atoms with Crippen molar-refractivity contribution in [2.75, 3.05) is 18.6 Å². The molecule has 2 bridgehead atoms. The van der Waals surface area contributed by atoms with E-state index in [9.17, 15) is 14.4 Å². The van der Waals surface area contributed by atoms with Gasteiger partial charge in [-0.05, 0) is 73.2 Å². The van der Waals surface area contributed by atoms with Crippen molar-refractivity contribution in [1.82, 2.24) is 0 Å². The van der Waals surface area contributed by atoms with Gasteiger partial charge in [-0.3, -0.25) is 19.3 Å². The number of carbonyl (C=O) groups is 3. The second-order valence-electron chi connectivity index (χ2n) is 8.29. The number of imide groups is 1. The highest BCUT2D eigenvalue weighted by atomic mass is 16.5. The maximum atomic E-state index is 13.0. The van der Waals surface area contributed by atoms with Gasteiger partial charge in [-0.15, -0.1) is 0 Å². The topological polar surface area (TPSA) is 72.9 Å². The second kappa shape index (κ2) is 7.69. The number of amides is 2. The van der Waals surface area contributed by atoms with E-state index in [0.717, 1.165) is 12.8 Å². The predicted molar refractivity (Wildman–Crippen MR) is 114 cm³/mol. The Morgan fingerprint density at radius 3 is 1.94 bits per heavy atom. The fraction of sp³-hybridized carbons (Fsp3) is 0.320. The molecule has 2 aromatic carbocycles. The Morgan fingerprint density at radius 1 is 0.871 bits per heavy atom. The summed E-state index contributed by atoms with van der Waals surface area (Å²) in [6.07, 6.45) is 6.18. The molecule has 0 N–H and O–H groups in total. The van der Waals surface area contributed by atoms with Crippen LogP contribution in [0.25, 0.3) is 0 Å². The highest BCUT2D eigenvalue weighted by Crippen LogP contribution is 2.50. The van der Waals surface area contributed by atoms with E-state index in [2.05, 4.69) is 12.2 Å². The Hall–Kier alpha value is -3.41. The van der Waals surface area contributed by atoms with Gasteiger partial charge in [0.1, 0.15) is 11.5 Å². The molecule has 0 spiro atoms. The zero-order chi connectivity index (χ0) is 21.5. The van der Waals surface area contributed by atoms with E-state index < -0.39 is 0 Å². The molecule has 158 valence electrons. The Morgan fingerprint density at radius 2 is 1.42 bits per heavy atom. The smallest absolute Gasteiger partial charge is 0.238 e. The molecular weight excluding hydrogens is 394 g/mol. The number of benzene rings is 2. The first-order valence-electron chi connectivity index (χ1n) is 10.5. The first-order chi connectivity index (χ1) is 15.1. The van der Waals surface area contributed by atoms with Crippen molar-refractivity contribution in [3.05, 3.63) is 66.2 Å². The molecule has 3 aliphatic carbocycles. The fourth-order valence-corrected chi connectivity index (χ4v) is 5.03. The third-order valence-corrected chi connectivity index (χ3v) is 6.64. The molecule has 1 saturated heterocycles. The van der Waals surface area contributed by atoms with Gasteiger partial charge < -0.3 is 9.47 Å². The molecule has 4 aliphatic rings. The van der Waals surface area contributed by atoms with E-state index in [1.54, 1.807) is 55.6 Å². The van der Waals surface area contributed by atoms with E-state index in [1.165, 1.54) is 4.90 Å². The molecular formula is C25H23NO5. The highest BCUT2D eigenvalue weighted by Gasteiger charge is 2.56. The zero-order valence-corrected chi connectivity index (χ0v) is 17.2. The molecule has 2 amide bonds. The first kappa shape index (κ1) is 19.5.